The molecule has 0 saturated heterocycles. The van der Waals surface area contributed by atoms with Crippen LogP contribution in [0.3, 0.4) is 0 Å². The summed E-state index contributed by atoms with van der Waals surface area (Å²) in [5.74, 6) is -2.50. The highest BCUT2D eigenvalue weighted by Crippen LogP contribution is 1.96. The van der Waals surface area contributed by atoms with Crippen LogP contribution in [0.2, 0.25) is 0 Å². The molecule has 0 saturated carbocycles. The number of hydrogen-bond acceptors (Lipinski definition) is 4. The summed E-state index contributed by atoms with van der Waals surface area (Å²) >= 11 is 0. The maximum absolute atomic E-state index is 10.5. The molecule has 0 fully saturated rings. The normalized spacial score (nSPS) is 9.00. The Morgan fingerprint density at radius 2 is 2.25 bits per heavy atom. The second kappa shape index (κ2) is 3.42. The summed E-state index contributed by atoms with van der Waals surface area (Å²) in [7, 11) is 0. The molecule has 6 nitrogen and oxygen atoms in total. The molecule has 2 N–H and O–H groups in total. The predicted octanol–water partition coefficient (Wildman–Crippen LogP) is -0.500. The number of amides is 1. The van der Waals surface area contributed by atoms with Gasteiger partial charge in [-0.15, -0.1) is 0 Å². The quantitative estimate of drug-likeness (QED) is 0.550. The van der Waals surface area contributed by atoms with Gasteiger partial charge in [-0.1, -0.05) is 0 Å². The van der Waals surface area contributed by atoms with Gasteiger partial charge in [-0.3, -0.25) is 4.79 Å². The highest BCUT2D eigenvalue weighted by Gasteiger charge is 2.10. The first kappa shape index (κ1) is 8.12. The monoisotopic (exact) mass is 167 g/mol. The number of nitrogens with one attached hydrogen (secondary N) is 1. The van der Waals surface area contributed by atoms with Crippen molar-refractivity contribution in [3.63, 3.8) is 0 Å². The first-order valence-corrected chi connectivity index (χ1v) is 3.00. The third-order valence-corrected chi connectivity index (χ3v) is 1.02. The molecule has 0 aliphatic heterocycles. The van der Waals surface area contributed by atoms with Gasteiger partial charge in [0, 0.05) is 6.20 Å². The molecule has 0 aliphatic carbocycles. The van der Waals surface area contributed by atoms with Gasteiger partial charge in [0.2, 0.25) is 0 Å². The minimum Gasteiger partial charge on any atom is -0.474 e. The molecule has 1 rings (SSSR count). The molecule has 0 spiro atoms. The van der Waals surface area contributed by atoms with Gasteiger partial charge in [0.1, 0.15) is 12.1 Å². The van der Waals surface area contributed by atoms with Gasteiger partial charge in [0.05, 0.1) is 0 Å². The number of anilines is 1. The fourth-order valence-corrected chi connectivity index (χ4v) is 0.534. The van der Waals surface area contributed by atoms with E-state index >= 15 is 0 Å². The molecule has 0 atom stereocenters. The third kappa shape index (κ3) is 2.01. The average molecular weight is 167 g/mol. The van der Waals surface area contributed by atoms with Crippen molar-refractivity contribution in [1.82, 2.24) is 9.97 Å². The molecular formula is C6H5N3O3. The number of nitrogens with zero attached hydrogens (tertiary/aromatic N) is 2. The van der Waals surface area contributed by atoms with Gasteiger partial charge in [0.25, 0.3) is 0 Å². The van der Waals surface area contributed by atoms with Gasteiger partial charge in [-0.25, -0.2) is 14.8 Å². The Morgan fingerprint density at radius 3 is 2.75 bits per heavy atom. The summed E-state index contributed by atoms with van der Waals surface area (Å²) in [5, 5.41) is 10.2. The lowest BCUT2D eigenvalue weighted by atomic mass is 10.5. The maximum atomic E-state index is 10.5. The minimum absolute atomic E-state index is 0.164. The van der Waals surface area contributed by atoms with Gasteiger partial charge in [0.15, 0.2) is 0 Å². The summed E-state index contributed by atoms with van der Waals surface area (Å²) in [6.07, 6.45) is 2.60. The van der Waals surface area contributed by atoms with E-state index in [0.29, 0.717) is 0 Å². The Balaban J connectivity index is 2.65. The summed E-state index contributed by atoms with van der Waals surface area (Å²) in [6, 6.07) is 1.39. The number of rotatable bonds is 1. The number of carbonyl (C=O) groups is 2. The van der Waals surface area contributed by atoms with Crippen LogP contribution < -0.4 is 5.32 Å². The SMILES string of the molecule is O=C(O)C(=O)Nc1ccncn1. The molecule has 1 amide bonds. The third-order valence-electron chi connectivity index (χ3n) is 1.02. The Morgan fingerprint density at radius 1 is 1.50 bits per heavy atom. The van der Waals surface area contributed by atoms with Crippen LogP contribution in [-0.4, -0.2) is 27.0 Å². The first-order chi connectivity index (χ1) is 5.70. The van der Waals surface area contributed by atoms with E-state index in [-0.39, 0.29) is 5.82 Å². The zero-order valence-electron chi connectivity index (χ0n) is 5.89. The molecule has 1 aromatic rings. The number of carboxylic acid groups (broad SMARTS) is 1. The highest BCUT2D eigenvalue weighted by molar-refractivity contribution is 6.36. The van der Waals surface area contributed by atoms with E-state index in [1.165, 1.54) is 18.6 Å². The van der Waals surface area contributed by atoms with Crippen LogP contribution in [0.5, 0.6) is 0 Å². The van der Waals surface area contributed by atoms with Crippen LogP contribution in [0.4, 0.5) is 5.82 Å². The molecule has 62 valence electrons. The number of aliphatic carboxylic acids is 1. The molecule has 12 heavy (non-hydrogen) atoms. The average Bonchev–Trinajstić information content (AvgIpc) is 2.06. The zero-order valence-corrected chi connectivity index (χ0v) is 5.89. The number of hydrogen-bond donors (Lipinski definition) is 2. The van der Waals surface area contributed by atoms with Crippen molar-refractivity contribution in [2.24, 2.45) is 0 Å². The van der Waals surface area contributed by atoms with Crippen molar-refractivity contribution in [2.45, 2.75) is 0 Å². The number of aromatic nitrogens is 2. The maximum Gasteiger partial charge on any atom is 0.394 e. The topological polar surface area (TPSA) is 92.2 Å². The van der Waals surface area contributed by atoms with E-state index in [0.717, 1.165) is 0 Å². The van der Waals surface area contributed by atoms with Crippen molar-refractivity contribution in [2.75, 3.05) is 5.32 Å². The molecule has 0 aromatic carbocycles. The van der Waals surface area contributed by atoms with Crippen molar-refractivity contribution < 1.29 is 14.7 Å². The standard InChI is InChI=1S/C6H5N3O3/c10-5(6(11)12)9-4-1-2-7-3-8-4/h1-3H,(H,11,12)(H,7,8,9,10). The smallest absolute Gasteiger partial charge is 0.394 e. The lowest BCUT2D eigenvalue weighted by Crippen LogP contribution is -2.22. The molecule has 1 aromatic heterocycles. The minimum atomic E-state index is -1.55. The molecule has 6 heteroatoms. The van der Waals surface area contributed by atoms with Crippen molar-refractivity contribution in [1.29, 1.82) is 0 Å². The lowest BCUT2D eigenvalue weighted by molar-refractivity contribution is -0.147. The summed E-state index contributed by atoms with van der Waals surface area (Å²) in [4.78, 5) is 27.8. The fraction of sp³-hybridized carbons (Fsp3) is 0. The molecule has 0 aliphatic rings. The Hall–Kier alpha value is -1.98. The predicted molar refractivity (Wildman–Crippen MR) is 38.3 cm³/mol. The largest absolute Gasteiger partial charge is 0.474 e. The second-order valence-corrected chi connectivity index (χ2v) is 1.85. The molecule has 0 radical (unpaired) electrons. The van der Waals surface area contributed by atoms with E-state index in [4.69, 9.17) is 5.11 Å². The van der Waals surface area contributed by atoms with E-state index in [9.17, 15) is 9.59 Å². The van der Waals surface area contributed by atoms with Crippen LogP contribution in [0.15, 0.2) is 18.6 Å². The van der Waals surface area contributed by atoms with Crippen LogP contribution in [0.1, 0.15) is 0 Å². The van der Waals surface area contributed by atoms with E-state index in [2.05, 4.69) is 15.3 Å². The number of carbonyl (C=O) groups excluding carboxylic acids is 1. The Kier molecular flexibility index (Phi) is 2.32. The lowest BCUT2D eigenvalue weighted by Gasteiger charge is -1.97. The van der Waals surface area contributed by atoms with Gasteiger partial charge < -0.3 is 10.4 Å². The first-order valence-electron chi connectivity index (χ1n) is 3.00. The van der Waals surface area contributed by atoms with Crippen molar-refractivity contribution >= 4 is 17.7 Å². The van der Waals surface area contributed by atoms with Crippen molar-refractivity contribution in [3.8, 4) is 0 Å². The number of carboxylic acids is 1. The summed E-state index contributed by atoms with van der Waals surface area (Å²) in [6.45, 7) is 0. The highest BCUT2D eigenvalue weighted by atomic mass is 16.4. The Labute approximate surface area is 67.3 Å². The van der Waals surface area contributed by atoms with Gasteiger partial charge in [-0.2, -0.15) is 0 Å². The summed E-state index contributed by atoms with van der Waals surface area (Å²) < 4.78 is 0. The van der Waals surface area contributed by atoms with Gasteiger partial charge in [-0.05, 0) is 6.07 Å². The van der Waals surface area contributed by atoms with Crippen LogP contribution >= 0.6 is 0 Å². The van der Waals surface area contributed by atoms with Gasteiger partial charge >= 0.3 is 11.9 Å². The molecule has 1 heterocycles. The Bertz CT molecular complexity index is 298. The van der Waals surface area contributed by atoms with Crippen molar-refractivity contribution in [3.05, 3.63) is 18.6 Å². The van der Waals surface area contributed by atoms with E-state index in [1.54, 1.807) is 0 Å². The summed E-state index contributed by atoms with van der Waals surface area (Å²) in [5.41, 5.74) is 0. The molecule has 0 bridgehead atoms. The van der Waals surface area contributed by atoms with Crippen LogP contribution in [0.25, 0.3) is 0 Å². The van der Waals surface area contributed by atoms with E-state index in [1.807, 2.05) is 0 Å². The molecular weight excluding hydrogens is 162 g/mol. The van der Waals surface area contributed by atoms with E-state index < -0.39 is 11.9 Å². The fourth-order valence-electron chi connectivity index (χ4n) is 0.534. The molecule has 0 unspecified atom stereocenters. The van der Waals surface area contributed by atoms with Crippen LogP contribution in [0, 0.1) is 0 Å². The van der Waals surface area contributed by atoms with Crippen LogP contribution in [-0.2, 0) is 9.59 Å². The zero-order chi connectivity index (χ0) is 8.97. The second-order valence-electron chi connectivity index (χ2n) is 1.85.